The standard InChI is InChI=1S/C21H19ClN2O2/c1-13-4-2-5-14(8-13)12-24-19(25)10-15(21(24)26)9-16-11-23-20-17(16)6-3-7-18(20)22/h2-8,11,15,23H,9-10,12H2,1H3/t15-/m0/s1. The summed E-state index contributed by atoms with van der Waals surface area (Å²) in [5.74, 6) is -0.502. The van der Waals surface area contributed by atoms with Gasteiger partial charge in [-0.25, -0.2) is 0 Å². The van der Waals surface area contributed by atoms with Crippen molar-refractivity contribution in [3.63, 3.8) is 0 Å². The van der Waals surface area contributed by atoms with Crippen LogP contribution in [0.25, 0.3) is 10.9 Å². The van der Waals surface area contributed by atoms with E-state index < -0.39 is 0 Å². The van der Waals surface area contributed by atoms with Crippen molar-refractivity contribution in [1.82, 2.24) is 9.88 Å². The van der Waals surface area contributed by atoms with Gasteiger partial charge in [-0.05, 0) is 30.5 Å². The molecule has 0 aliphatic carbocycles. The average molecular weight is 367 g/mol. The van der Waals surface area contributed by atoms with Crippen LogP contribution >= 0.6 is 11.6 Å². The number of benzene rings is 2. The first-order valence-corrected chi connectivity index (χ1v) is 9.05. The lowest BCUT2D eigenvalue weighted by molar-refractivity contribution is -0.140. The number of hydrogen-bond acceptors (Lipinski definition) is 2. The van der Waals surface area contributed by atoms with Crippen molar-refractivity contribution in [2.45, 2.75) is 26.3 Å². The summed E-state index contributed by atoms with van der Waals surface area (Å²) in [7, 11) is 0. The fraction of sp³-hybridized carbons (Fsp3) is 0.238. The number of H-pyrrole nitrogens is 1. The van der Waals surface area contributed by atoms with Crippen molar-refractivity contribution >= 4 is 34.3 Å². The molecule has 4 rings (SSSR count). The summed E-state index contributed by atoms with van der Waals surface area (Å²) >= 11 is 6.20. The van der Waals surface area contributed by atoms with Gasteiger partial charge in [0.2, 0.25) is 11.8 Å². The number of aromatic amines is 1. The van der Waals surface area contributed by atoms with E-state index >= 15 is 0 Å². The van der Waals surface area contributed by atoms with E-state index in [1.165, 1.54) is 4.90 Å². The second-order valence-corrected chi connectivity index (χ2v) is 7.30. The number of rotatable bonds is 4. The molecule has 5 heteroatoms. The van der Waals surface area contributed by atoms with Gasteiger partial charge in [-0.3, -0.25) is 14.5 Å². The Balaban J connectivity index is 1.54. The number of imide groups is 1. The third kappa shape index (κ3) is 3.01. The Hall–Kier alpha value is -2.59. The molecule has 0 spiro atoms. The van der Waals surface area contributed by atoms with Gasteiger partial charge in [0.25, 0.3) is 0 Å². The van der Waals surface area contributed by atoms with Gasteiger partial charge >= 0.3 is 0 Å². The highest BCUT2D eigenvalue weighted by Gasteiger charge is 2.38. The number of aryl methyl sites for hydroxylation is 1. The van der Waals surface area contributed by atoms with Crippen LogP contribution in [0.3, 0.4) is 0 Å². The number of hydrogen-bond donors (Lipinski definition) is 1. The Morgan fingerprint density at radius 3 is 2.81 bits per heavy atom. The van der Waals surface area contributed by atoms with E-state index in [1.807, 2.05) is 55.6 Å². The highest BCUT2D eigenvalue weighted by Crippen LogP contribution is 2.30. The van der Waals surface area contributed by atoms with E-state index in [1.54, 1.807) is 0 Å². The van der Waals surface area contributed by atoms with Crippen LogP contribution in [0.5, 0.6) is 0 Å². The van der Waals surface area contributed by atoms with Gasteiger partial charge in [0.15, 0.2) is 0 Å². The third-order valence-electron chi connectivity index (χ3n) is 4.98. The molecule has 0 bridgehead atoms. The topological polar surface area (TPSA) is 53.2 Å². The van der Waals surface area contributed by atoms with Crippen molar-refractivity contribution in [2.24, 2.45) is 5.92 Å². The lowest BCUT2D eigenvalue weighted by atomic mass is 9.97. The van der Waals surface area contributed by atoms with Crippen LogP contribution < -0.4 is 0 Å². The quantitative estimate of drug-likeness (QED) is 0.702. The number of nitrogens with one attached hydrogen (secondary N) is 1. The fourth-order valence-corrected chi connectivity index (χ4v) is 3.91. The highest BCUT2D eigenvalue weighted by atomic mass is 35.5. The largest absolute Gasteiger partial charge is 0.360 e. The predicted octanol–water partition coefficient (Wildman–Crippen LogP) is 4.25. The maximum Gasteiger partial charge on any atom is 0.233 e. The molecule has 132 valence electrons. The lowest BCUT2D eigenvalue weighted by Crippen LogP contribution is -2.30. The number of nitrogens with zero attached hydrogens (tertiary/aromatic N) is 1. The molecular formula is C21H19ClN2O2. The summed E-state index contributed by atoms with van der Waals surface area (Å²) in [5, 5.41) is 1.67. The minimum absolute atomic E-state index is 0.0899. The third-order valence-corrected chi connectivity index (χ3v) is 5.29. The van der Waals surface area contributed by atoms with Crippen molar-refractivity contribution in [2.75, 3.05) is 0 Å². The van der Waals surface area contributed by atoms with Crippen LogP contribution in [0.1, 0.15) is 23.1 Å². The van der Waals surface area contributed by atoms with Crippen LogP contribution in [-0.4, -0.2) is 21.7 Å². The van der Waals surface area contributed by atoms with E-state index in [0.29, 0.717) is 18.0 Å². The van der Waals surface area contributed by atoms with E-state index in [0.717, 1.165) is 27.6 Å². The maximum absolute atomic E-state index is 12.8. The number of aromatic nitrogens is 1. The molecule has 0 radical (unpaired) electrons. The molecule has 3 aromatic rings. The zero-order chi connectivity index (χ0) is 18.3. The maximum atomic E-state index is 12.8. The molecular weight excluding hydrogens is 348 g/mol. The van der Waals surface area contributed by atoms with Crippen LogP contribution in [0.4, 0.5) is 0 Å². The van der Waals surface area contributed by atoms with Crippen molar-refractivity contribution in [3.8, 4) is 0 Å². The van der Waals surface area contributed by atoms with E-state index in [4.69, 9.17) is 11.6 Å². The molecule has 0 unspecified atom stereocenters. The molecule has 1 aliphatic heterocycles. The number of amides is 2. The Bertz CT molecular complexity index is 1010. The first kappa shape index (κ1) is 16.9. The molecule has 4 nitrogen and oxygen atoms in total. The summed E-state index contributed by atoms with van der Waals surface area (Å²) < 4.78 is 0. The minimum atomic E-state index is -0.315. The van der Waals surface area contributed by atoms with E-state index in [9.17, 15) is 9.59 Å². The smallest absolute Gasteiger partial charge is 0.233 e. The second-order valence-electron chi connectivity index (χ2n) is 6.89. The monoisotopic (exact) mass is 366 g/mol. The minimum Gasteiger partial charge on any atom is -0.360 e. The van der Waals surface area contributed by atoms with Crippen molar-refractivity contribution in [1.29, 1.82) is 0 Å². The molecule has 1 aliphatic rings. The Kier molecular flexibility index (Phi) is 4.29. The number of carbonyl (C=O) groups excluding carboxylic acids is 2. The molecule has 1 aromatic heterocycles. The fourth-order valence-electron chi connectivity index (χ4n) is 3.68. The zero-order valence-corrected chi connectivity index (χ0v) is 15.2. The number of fused-ring (bicyclic) bond motifs is 1. The molecule has 2 amide bonds. The van der Waals surface area contributed by atoms with Crippen LogP contribution in [0.2, 0.25) is 5.02 Å². The molecule has 1 N–H and O–H groups in total. The summed E-state index contributed by atoms with van der Waals surface area (Å²) in [6.45, 7) is 2.34. The van der Waals surface area contributed by atoms with Gasteiger partial charge in [0, 0.05) is 18.0 Å². The second kappa shape index (κ2) is 6.61. The van der Waals surface area contributed by atoms with E-state index in [-0.39, 0.29) is 24.2 Å². The molecule has 1 fully saturated rings. The first-order valence-electron chi connectivity index (χ1n) is 8.67. The van der Waals surface area contributed by atoms with Gasteiger partial charge in [-0.1, -0.05) is 53.6 Å². The highest BCUT2D eigenvalue weighted by molar-refractivity contribution is 6.35. The normalized spacial score (nSPS) is 17.5. The van der Waals surface area contributed by atoms with Crippen LogP contribution in [-0.2, 0) is 22.6 Å². The molecule has 0 saturated carbocycles. The first-order chi connectivity index (χ1) is 12.5. The Morgan fingerprint density at radius 1 is 1.19 bits per heavy atom. The van der Waals surface area contributed by atoms with Gasteiger partial charge in [0.1, 0.15) is 0 Å². The zero-order valence-electron chi connectivity index (χ0n) is 14.5. The molecule has 1 atom stereocenters. The van der Waals surface area contributed by atoms with Gasteiger partial charge in [0.05, 0.1) is 23.0 Å². The predicted molar refractivity (Wildman–Crippen MR) is 102 cm³/mol. The SMILES string of the molecule is Cc1cccc(CN2C(=O)C[C@H](Cc3c[nH]c4c(Cl)cccc34)C2=O)c1. The molecule has 2 aromatic carbocycles. The van der Waals surface area contributed by atoms with Crippen molar-refractivity contribution < 1.29 is 9.59 Å². The van der Waals surface area contributed by atoms with E-state index in [2.05, 4.69) is 4.98 Å². The summed E-state index contributed by atoms with van der Waals surface area (Å²) in [4.78, 5) is 29.8. The number of carbonyl (C=O) groups is 2. The summed E-state index contributed by atoms with van der Waals surface area (Å²) in [6.07, 6.45) is 2.69. The van der Waals surface area contributed by atoms with Gasteiger partial charge in [-0.2, -0.15) is 0 Å². The molecule has 2 heterocycles. The summed E-state index contributed by atoms with van der Waals surface area (Å²) in [5.41, 5.74) is 3.99. The van der Waals surface area contributed by atoms with Crippen LogP contribution in [0.15, 0.2) is 48.7 Å². The molecule has 26 heavy (non-hydrogen) atoms. The Labute approximate surface area is 156 Å². The molecule has 1 saturated heterocycles. The van der Waals surface area contributed by atoms with Gasteiger partial charge in [-0.15, -0.1) is 0 Å². The number of halogens is 1. The lowest BCUT2D eigenvalue weighted by Gasteiger charge is -2.15. The number of para-hydroxylation sites is 1. The Morgan fingerprint density at radius 2 is 2.00 bits per heavy atom. The van der Waals surface area contributed by atoms with Gasteiger partial charge < -0.3 is 4.98 Å². The summed E-state index contributed by atoms with van der Waals surface area (Å²) in [6, 6.07) is 13.6. The van der Waals surface area contributed by atoms with Crippen molar-refractivity contribution in [3.05, 3.63) is 70.4 Å². The van der Waals surface area contributed by atoms with Crippen LogP contribution in [0, 0.1) is 12.8 Å². The average Bonchev–Trinajstić information content (AvgIpc) is 3.13. The number of likely N-dealkylation sites (tertiary alicyclic amines) is 1.